The Morgan fingerprint density at radius 2 is 2.16 bits per heavy atom. The van der Waals surface area contributed by atoms with Gasteiger partial charge in [0.25, 0.3) is 0 Å². The second-order valence-corrected chi connectivity index (χ2v) is 4.91. The van der Waals surface area contributed by atoms with Crippen LogP contribution < -0.4 is 5.32 Å². The van der Waals surface area contributed by atoms with Gasteiger partial charge in [-0.3, -0.25) is 4.79 Å². The van der Waals surface area contributed by atoms with Crippen LogP contribution in [0.4, 0.5) is 5.69 Å². The predicted molar refractivity (Wildman–Crippen MR) is 70.6 cm³/mol. The maximum Gasteiger partial charge on any atom is 0.337 e. The summed E-state index contributed by atoms with van der Waals surface area (Å²) in [5, 5.41) is 11.5. The van der Waals surface area contributed by atoms with Gasteiger partial charge in [-0.1, -0.05) is 11.6 Å². The predicted octanol–water partition coefficient (Wildman–Crippen LogP) is 2.40. The van der Waals surface area contributed by atoms with Gasteiger partial charge < -0.3 is 15.2 Å². The summed E-state index contributed by atoms with van der Waals surface area (Å²) >= 11 is 5.80. The normalized spacial score (nSPS) is 14.2. The van der Waals surface area contributed by atoms with Gasteiger partial charge in [0.05, 0.1) is 17.2 Å². The second kappa shape index (κ2) is 6.04. The molecule has 19 heavy (non-hydrogen) atoms. The molecule has 2 N–H and O–H groups in total. The number of aromatic carboxylic acids is 1. The molecule has 1 aliphatic rings. The maximum absolute atomic E-state index is 11.5. The molecule has 0 aromatic heterocycles. The summed E-state index contributed by atoms with van der Waals surface area (Å²) in [6.45, 7) is 0.612. The third-order valence-electron chi connectivity index (χ3n) is 2.77. The number of carbonyl (C=O) groups is 2. The lowest BCUT2D eigenvalue weighted by molar-refractivity contribution is -0.120. The van der Waals surface area contributed by atoms with Crippen LogP contribution in [0.15, 0.2) is 18.2 Å². The fraction of sp³-hybridized carbons (Fsp3) is 0.385. The molecule has 1 amide bonds. The highest BCUT2D eigenvalue weighted by molar-refractivity contribution is 6.33. The molecule has 0 radical (unpaired) electrons. The largest absolute Gasteiger partial charge is 0.478 e. The van der Waals surface area contributed by atoms with Crippen molar-refractivity contribution in [3.8, 4) is 0 Å². The summed E-state index contributed by atoms with van der Waals surface area (Å²) in [5.74, 6) is -0.771. The van der Waals surface area contributed by atoms with E-state index < -0.39 is 5.97 Å². The van der Waals surface area contributed by atoms with Crippen molar-refractivity contribution in [3.63, 3.8) is 0 Å². The molecule has 1 saturated carbocycles. The zero-order valence-electron chi connectivity index (χ0n) is 10.2. The first kappa shape index (κ1) is 13.8. The lowest BCUT2D eigenvalue weighted by Gasteiger charge is -2.07. The Morgan fingerprint density at radius 3 is 2.74 bits per heavy atom. The minimum absolute atomic E-state index is 0.00430. The lowest BCUT2D eigenvalue weighted by Crippen LogP contribution is -2.19. The van der Waals surface area contributed by atoms with E-state index in [1.165, 1.54) is 31.0 Å². The Labute approximate surface area is 115 Å². The molecule has 0 spiro atoms. The second-order valence-electron chi connectivity index (χ2n) is 4.51. The number of hydrogen-bond donors (Lipinski definition) is 2. The molecular formula is C13H14ClNO4. The summed E-state index contributed by atoms with van der Waals surface area (Å²) in [7, 11) is 0. The molecule has 0 heterocycles. The monoisotopic (exact) mass is 283 g/mol. The third kappa shape index (κ3) is 4.22. The molecule has 2 rings (SSSR count). The highest BCUT2D eigenvalue weighted by atomic mass is 35.5. The summed E-state index contributed by atoms with van der Waals surface area (Å²) in [5.41, 5.74) is 0.458. The molecule has 0 saturated heterocycles. The van der Waals surface area contributed by atoms with Gasteiger partial charge in [0.2, 0.25) is 5.91 Å². The molecule has 6 heteroatoms. The molecule has 1 aromatic carbocycles. The van der Waals surface area contributed by atoms with Crippen molar-refractivity contribution < 1.29 is 19.4 Å². The number of rotatable bonds is 6. The van der Waals surface area contributed by atoms with Crippen LogP contribution in [-0.2, 0) is 9.53 Å². The quantitative estimate of drug-likeness (QED) is 0.840. The molecule has 1 aliphatic carbocycles. The summed E-state index contributed by atoms with van der Waals surface area (Å²) in [4.78, 5) is 22.3. The van der Waals surface area contributed by atoms with Crippen LogP contribution in [0.3, 0.4) is 0 Å². The zero-order valence-corrected chi connectivity index (χ0v) is 10.9. The Bertz CT molecular complexity index is 499. The average molecular weight is 284 g/mol. The van der Waals surface area contributed by atoms with E-state index >= 15 is 0 Å². The Balaban J connectivity index is 1.85. The first-order valence-corrected chi connectivity index (χ1v) is 6.34. The van der Waals surface area contributed by atoms with Crippen molar-refractivity contribution in [2.45, 2.75) is 12.8 Å². The highest BCUT2D eigenvalue weighted by Crippen LogP contribution is 2.28. The number of anilines is 1. The molecule has 102 valence electrons. The van der Waals surface area contributed by atoms with Gasteiger partial charge in [0.1, 0.15) is 6.61 Å². The van der Waals surface area contributed by atoms with E-state index in [-0.39, 0.29) is 23.1 Å². The standard InChI is InChI=1S/C13H14ClNO4/c14-11-5-9(3-4-10(11)13(17)18)15-12(16)7-19-6-8-1-2-8/h3-5,8H,1-2,6-7H2,(H,15,16)(H,17,18). The number of carboxylic acids is 1. The average Bonchev–Trinajstić information content (AvgIpc) is 3.12. The van der Waals surface area contributed by atoms with E-state index in [1.54, 1.807) is 0 Å². The smallest absolute Gasteiger partial charge is 0.337 e. The Hall–Kier alpha value is -1.59. The van der Waals surface area contributed by atoms with Crippen LogP contribution >= 0.6 is 11.6 Å². The number of halogens is 1. The number of benzene rings is 1. The van der Waals surface area contributed by atoms with Crippen LogP contribution in [0.5, 0.6) is 0 Å². The fourth-order valence-electron chi connectivity index (χ4n) is 1.57. The van der Waals surface area contributed by atoms with E-state index in [2.05, 4.69) is 5.32 Å². The van der Waals surface area contributed by atoms with Crippen molar-refractivity contribution in [2.24, 2.45) is 5.92 Å². The van der Waals surface area contributed by atoms with Crippen molar-refractivity contribution in [1.29, 1.82) is 0 Å². The van der Waals surface area contributed by atoms with E-state index in [1.807, 2.05) is 0 Å². The third-order valence-corrected chi connectivity index (χ3v) is 3.08. The first-order valence-electron chi connectivity index (χ1n) is 5.96. The van der Waals surface area contributed by atoms with Crippen molar-refractivity contribution >= 4 is 29.2 Å². The number of carbonyl (C=O) groups excluding carboxylic acids is 1. The van der Waals surface area contributed by atoms with Gasteiger partial charge >= 0.3 is 5.97 Å². The van der Waals surface area contributed by atoms with E-state index in [0.717, 1.165) is 0 Å². The van der Waals surface area contributed by atoms with Crippen LogP contribution in [0.25, 0.3) is 0 Å². The maximum atomic E-state index is 11.5. The Morgan fingerprint density at radius 1 is 1.42 bits per heavy atom. The number of amides is 1. The van der Waals surface area contributed by atoms with Crippen molar-refractivity contribution in [3.05, 3.63) is 28.8 Å². The Kier molecular flexibility index (Phi) is 4.39. The molecule has 0 bridgehead atoms. The van der Waals surface area contributed by atoms with Gasteiger partial charge in [0, 0.05) is 5.69 Å². The summed E-state index contributed by atoms with van der Waals surface area (Å²) in [6, 6.07) is 4.25. The molecule has 1 aromatic rings. The zero-order chi connectivity index (χ0) is 13.8. The van der Waals surface area contributed by atoms with E-state index in [9.17, 15) is 9.59 Å². The molecule has 1 fully saturated rings. The highest BCUT2D eigenvalue weighted by Gasteiger charge is 2.21. The van der Waals surface area contributed by atoms with Crippen molar-refractivity contribution in [2.75, 3.05) is 18.5 Å². The lowest BCUT2D eigenvalue weighted by atomic mass is 10.2. The van der Waals surface area contributed by atoms with Gasteiger partial charge in [-0.25, -0.2) is 4.79 Å². The van der Waals surface area contributed by atoms with Crippen LogP contribution in [0.2, 0.25) is 5.02 Å². The van der Waals surface area contributed by atoms with Crippen LogP contribution in [-0.4, -0.2) is 30.2 Å². The van der Waals surface area contributed by atoms with E-state index in [0.29, 0.717) is 18.2 Å². The fourth-order valence-corrected chi connectivity index (χ4v) is 1.83. The van der Waals surface area contributed by atoms with Gasteiger partial charge in [-0.2, -0.15) is 0 Å². The number of carboxylic acid groups (broad SMARTS) is 1. The summed E-state index contributed by atoms with van der Waals surface area (Å²) in [6.07, 6.45) is 2.35. The molecular weight excluding hydrogens is 270 g/mol. The minimum Gasteiger partial charge on any atom is -0.478 e. The number of nitrogens with one attached hydrogen (secondary N) is 1. The SMILES string of the molecule is O=C(COCC1CC1)Nc1ccc(C(=O)O)c(Cl)c1. The minimum atomic E-state index is -1.10. The summed E-state index contributed by atoms with van der Waals surface area (Å²) < 4.78 is 5.24. The molecule has 0 aliphatic heterocycles. The number of hydrogen-bond acceptors (Lipinski definition) is 3. The van der Waals surface area contributed by atoms with Gasteiger partial charge in [-0.15, -0.1) is 0 Å². The van der Waals surface area contributed by atoms with Gasteiger partial charge in [-0.05, 0) is 37.0 Å². The molecule has 0 unspecified atom stereocenters. The topological polar surface area (TPSA) is 75.6 Å². The molecule has 5 nitrogen and oxygen atoms in total. The van der Waals surface area contributed by atoms with Crippen molar-refractivity contribution in [1.82, 2.24) is 0 Å². The molecule has 0 atom stereocenters. The van der Waals surface area contributed by atoms with Crippen LogP contribution in [0, 0.1) is 5.92 Å². The van der Waals surface area contributed by atoms with Crippen LogP contribution in [0.1, 0.15) is 23.2 Å². The van der Waals surface area contributed by atoms with E-state index in [4.69, 9.17) is 21.4 Å². The first-order chi connectivity index (χ1) is 9.06. The number of ether oxygens (including phenoxy) is 1. The van der Waals surface area contributed by atoms with Gasteiger partial charge in [0.15, 0.2) is 0 Å².